The molecule has 0 unspecified atom stereocenters. The highest BCUT2D eigenvalue weighted by atomic mass is 16.6. The van der Waals surface area contributed by atoms with Gasteiger partial charge in [-0.3, -0.25) is 10.1 Å². The van der Waals surface area contributed by atoms with E-state index in [2.05, 4.69) is 9.97 Å². The molecule has 1 heterocycles. The SMILES string of the molecule is COc1cc2c(Cc3ccc(OCc4ccccc4)c([N+](=O)[O-])c3)nc(N)nc2c(OC)c1OC. The van der Waals surface area contributed by atoms with E-state index in [1.165, 1.54) is 27.4 Å². The number of hydrogen-bond acceptors (Lipinski definition) is 9. The first-order valence-corrected chi connectivity index (χ1v) is 10.6. The first kappa shape index (κ1) is 23.6. The smallest absolute Gasteiger partial charge is 0.311 e. The molecule has 0 spiro atoms. The molecule has 180 valence electrons. The third-order valence-electron chi connectivity index (χ3n) is 5.42. The topological polar surface area (TPSA) is 132 Å². The van der Waals surface area contributed by atoms with Crippen LogP contribution in [0.4, 0.5) is 11.6 Å². The number of nitrogens with two attached hydrogens (primary N) is 1. The van der Waals surface area contributed by atoms with E-state index in [-0.39, 0.29) is 30.4 Å². The monoisotopic (exact) mass is 476 g/mol. The van der Waals surface area contributed by atoms with Gasteiger partial charge in [-0.1, -0.05) is 36.4 Å². The predicted octanol–water partition coefficient (Wildman–Crippen LogP) is 4.32. The molecule has 35 heavy (non-hydrogen) atoms. The summed E-state index contributed by atoms with van der Waals surface area (Å²) in [4.78, 5) is 20.0. The van der Waals surface area contributed by atoms with E-state index in [0.717, 1.165) is 5.56 Å². The standard InChI is InChI=1S/C25H24N4O6/c1-32-21-13-17-18(27-25(26)28-22(17)24(34-3)23(21)33-2)11-16-9-10-20(19(12-16)29(30)31)35-14-15-7-5-4-6-8-15/h4-10,12-13H,11,14H2,1-3H3,(H2,26,27,28). The van der Waals surface area contributed by atoms with Crippen molar-refractivity contribution in [3.05, 3.63) is 81.5 Å². The molecule has 0 aliphatic rings. The summed E-state index contributed by atoms with van der Waals surface area (Å²) in [5, 5.41) is 12.4. The van der Waals surface area contributed by atoms with Gasteiger partial charge < -0.3 is 24.7 Å². The Kier molecular flexibility index (Phi) is 6.81. The maximum Gasteiger partial charge on any atom is 0.311 e. The van der Waals surface area contributed by atoms with Gasteiger partial charge in [0, 0.05) is 17.9 Å². The van der Waals surface area contributed by atoms with Gasteiger partial charge in [-0.2, -0.15) is 0 Å². The van der Waals surface area contributed by atoms with Gasteiger partial charge in [-0.05, 0) is 23.3 Å². The van der Waals surface area contributed by atoms with Crippen LogP contribution in [-0.4, -0.2) is 36.2 Å². The van der Waals surface area contributed by atoms with E-state index in [1.54, 1.807) is 18.2 Å². The van der Waals surface area contributed by atoms with Crippen molar-refractivity contribution in [2.45, 2.75) is 13.0 Å². The predicted molar refractivity (Wildman–Crippen MR) is 130 cm³/mol. The van der Waals surface area contributed by atoms with Crippen LogP contribution in [0.5, 0.6) is 23.0 Å². The summed E-state index contributed by atoms with van der Waals surface area (Å²) in [6.07, 6.45) is 0.252. The zero-order valence-electron chi connectivity index (χ0n) is 19.5. The van der Waals surface area contributed by atoms with Gasteiger partial charge in [0.2, 0.25) is 11.7 Å². The Labute approximate surface area is 201 Å². The van der Waals surface area contributed by atoms with Crippen LogP contribution in [0.25, 0.3) is 10.9 Å². The van der Waals surface area contributed by atoms with Gasteiger partial charge >= 0.3 is 5.69 Å². The van der Waals surface area contributed by atoms with E-state index in [4.69, 9.17) is 24.7 Å². The van der Waals surface area contributed by atoms with Crippen LogP contribution in [-0.2, 0) is 13.0 Å². The van der Waals surface area contributed by atoms with Crippen molar-refractivity contribution < 1.29 is 23.9 Å². The van der Waals surface area contributed by atoms with E-state index in [1.807, 2.05) is 30.3 Å². The van der Waals surface area contributed by atoms with Crippen molar-refractivity contribution in [3.8, 4) is 23.0 Å². The van der Waals surface area contributed by atoms with Gasteiger partial charge in [0.1, 0.15) is 12.1 Å². The highest BCUT2D eigenvalue weighted by molar-refractivity contribution is 5.92. The number of benzene rings is 3. The Morgan fingerprint density at radius 3 is 2.29 bits per heavy atom. The van der Waals surface area contributed by atoms with Crippen molar-refractivity contribution in [1.82, 2.24) is 9.97 Å². The lowest BCUT2D eigenvalue weighted by Crippen LogP contribution is -2.05. The Balaban J connectivity index is 1.72. The molecule has 2 N–H and O–H groups in total. The average molecular weight is 476 g/mol. The molecule has 4 rings (SSSR count). The van der Waals surface area contributed by atoms with Crippen molar-refractivity contribution in [1.29, 1.82) is 0 Å². The number of hydrogen-bond donors (Lipinski definition) is 1. The van der Waals surface area contributed by atoms with Gasteiger partial charge in [0.25, 0.3) is 0 Å². The molecule has 0 saturated carbocycles. The molecule has 0 radical (unpaired) electrons. The van der Waals surface area contributed by atoms with E-state index in [0.29, 0.717) is 39.4 Å². The number of nitrogens with zero attached hydrogens (tertiary/aromatic N) is 3. The lowest BCUT2D eigenvalue weighted by molar-refractivity contribution is -0.386. The third-order valence-corrected chi connectivity index (χ3v) is 5.42. The summed E-state index contributed by atoms with van der Waals surface area (Å²) in [7, 11) is 4.50. The Morgan fingerprint density at radius 1 is 0.886 bits per heavy atom. The molecular weight excluding hydrogens is 452 g/mol. The summed E-state index contributed by atoms with van der Waals surface area (Å²) in [5.41, 5.74) is 8.41. The number of rotatable bonds is 9. The number of nitrogen functional groups attached to an aromatic ring is 1. The normalized spacial score (nSPS) is 10.7. The van der Waals surface area contributed by atoms with Crippen LogP contribution in [0.15, 0.2) is 54.6 Å². The Bertz CT molecular complexity index is 1380. The summed E-state index contributed by atoms with van der Waals surface area (Å²) >= 11 is 0. The largest absolute Gasteiger partial charge is 0.493 e. The number of nitro benzene ring substituents is 1. The molecule has 0 bridgehead atoms. The molecular formula is C25H24N4O6. The minimum Gasteiger partial charge on any atom is -0.493 e. The lowest BCUT2D eigenvalue weighted by atomic mass is 10.0. The average Bonchev–Trinajstić information content (AvgIpc) is 2.87. The molecule has 4 aromatic rings. The summed E-state index contributed by atoms with van der Waals surface area (Å²) < 4.78 is 22.1. The first-order valence-electron chi connectivity index (χ1n) is 10.6. The van der Waals surface area contributed by atoms with Crippen LogP contribution in [0, 0.1) is 10.1 Å². The van der Waals surface area contributed by atoms with E-state index < -0.39 is 4.92 Å². The Morgan fingerprint density at radius 2 is 1.63 bits per heavy atom. The second kappa shape index (κ2) is 10.1. The second-order valence-corrected chi connectivity index (χ2v) is 7.58. The minimum atomic E-state index is -0.465. The minimum absolute atomic E-state index is 0.0373. The number of aromatic nitrogens is 2. The zero-order valence-corrected chi connectivity index (χ0v) is 19.5. The molecule has 0 atom stereocenters. The zero-order chi connectivity index (χ0) is 24.9. The maximum atomic E-state index is 11.8. The van der Waals surface area contributed by atoms with Crippen molar-refractivity contribution in [2.75, 3.05) is 27.1 Å². The highest BCUT2D eigenvalue weighted by Crippen LogP contribution is 2.43. The van der Waals surface area contributed by atoms with Gasteiger partial charge in [-0.25, -0.2) is 9.97 Å². The number of methoxy groups -OCH3 is 3. The summed E-state index contributed by atoms with van der Waals surface area (Å²) in [5.74, 6) is 1.38. The van der Waals surface area contributed by atoms with Crippen molar-refractivity contribution in [2.24, 2.45) is 0 Å². The van der Waals surface area contributed by atoms with Crippen LogP contribution in [0.1, 0.15) is 16.8 Å². The fourth-order valence-corrected chi connectivity index (χ4v) is 3.81. The molecule has 1 aromatic heterocycles. The van der Waals surface area contributed by atoms with Crippen molar-refractivity contribution >= 4 is 22.5 Å². The molecule has 0 fully saturated rings. The molecule has 0 aliphatic carbocycles. The molecule has 10 heteroatoms. The molecule has 10 nitrogen and oxygen atoms in total. The Hall–Kier alpha value is -4.60. The van der Waals surface area contributed by atoms with Crippen LogP contribution < -0.4 is 24.7 Å². The summed E-state index contributed by atoms with van der Waals surface area (Å²) in [6.45, 7) is 0.218. The third kappa shape index (κ3) is 4.86. The second-order valence-electron chi connectivity index (χ2n) is 7.58. The molecule has 0 amide bonds. The van der Waals surface area contributed by atoms with E-state index >= 15 is 0 Å². The highest BCUT2D eigenvalue weighted by Gasteiger charge is 2.22. The number of anilines is 1. The van der Waals surface area contributed by atoms with Crippen LogP contribution >= 0.6 is 0 Å². The maximum absolute atomic E-state index is 11.8. The van der Waals surface area contributed by atoms with Gasteiger partial charge in [0.05, 0.1) is 31.9 Å². The molecule has 0 saturated heterocycles. The van der Waals surface area contributed by atoms with E-state index in [9.17, 15) is 10.1 Å². The number of ether oxygens (including phenoxy) is 4. The van der Waals surface area contributed by atoms with Crippen molar-refractivity contribution in [3.63, 3.8) is 0 Å². The fraction of sp³-hybridized carbons (Fsp3) is 0.200. The van der Waals surface area contributed by atoms with Gasteiger partial charge in [-0.15, -0.1) is 0 Å². The lowest BCUT2D eigenvalue weighted by Gasteiger charge is -2.16. The molecule has 0 aliphatic heterocycles. The van der Waals surface area contributed by atoms with Gasteiger partial charge in [0.15, 0.2) is 17.2 Å². The van der Waals surface area contributed by atoms with Crippen LogP contribution in [0.3, 0.4) is 0 Å². The van der Waals surface area contributed by atoms with Crippen LogP contribution in [0.2, 0.25) is 0 Å². The summed E-state index contributed by atoms with van der Waals surface area (Å²) in [6, 6.07) is 16.0. The molecule has 3 aromatic carbocycles. The number of nitro groups is 1. The fourth-order valence-electron chi connectivity index (χ4n) is 3.81. The quantitative estimate of drug-likeness (QED) is 0.277. The first-order chi connectivity index (χ1) is 16.9. The number of fused-ring (bicyclic) bond motifs is 1.